The molecule has 0 aromatic heterocycles. The summed E-state index contributed by atoms with van der Waals surface area (Å²) in [6.07, 6.45) is 6.37. The number of rotatable bonds is 20. The van der Waals surface area contributed by atoms with Crippen LogP contribution < -0.4 is 9.05 Å². The predicted molar refractivity (Wildman–Crippen MR) is 126 cm³/mol. The van der Waals surface area contributed by atoms with Crippen molar-refractivity contribution in [3.05, 3.63) is 24.3 Å². The van der Waals surface area contributed by atoms with Gasteiger partial charge in [-0.3, -0.25) is 18.1 Å². The minimum Gasteiger partial charge on any atom is -0.400 e. The van der Waals surface area contributed by atoms with Gasteiger partial charge in [-0.05, 0) is 37.8 Å². The van der Waals surface area contributed by atoms with Gasteiger partial charge in [-0.15, -0.1) is 0 Å². The molecule has 186 valence electrons. The van der Waals surface area contributed by atoms with Crippen molar-refractivity contribution in [3.63, 3.8) is 0 Å². The van der Waals surface area contributed by atoms with Crippen molar-refractivity contribution >= 4 is 15.6 Å². The lowest BCUT2D eigenvalue weighted by Gasteiger charge is -2.22. The highest BCUT2D eigenvalue weighted by atomic mass is 31.2. The molecule has 0 atom stereocenters. The van der Waals surface area contributed by atoms with E-state index in [1.807, 2.05) is 27.7 Å². The third-order valence-electron chi connectivity index (χ3n) is 4.26. The van der Waals surface area contributed by atoms with Crippen molar-refractivity contribution < 1.29 is 36.3 Å². The Bertz CT molecular complexity index is 626. The number of para-hydroxylation sites is 2. The lowest BCUT2D eigenvalue weighted by Crippen LogP contribution is -2.08. The van der Waals surface area contributed by atoms with Crippen molar-refractivity contribution in [1.29, 1.82) is 0 Å². The van der Waals surface area contributed by atoms with Crippen LogP contribution in [0.25, 0.3) is 0 Å². The van der Waals surface area contributed by atoms with Gasteiger partial charge in [-0.2, -0.15) is 0 Å². The molecule has 0 amide bonds. The van der Waals surface area contributed by atoms with E-state index in [4.69, 9.17) is 27.1 Å². The Balaban J connectivity index is 3.03. The average Bonchev–Trinajstić information content (AvgIpc) is 2.76. The molecule has 0 aliphatic rings. The van der Waals surface area contributed by atoms with E-state index in [2.05, 4.69) is 0 Å². The molecule has 0 unspecified atom stereocenters. The highest BCUT2D eigenvalue weighted by Gasteiger charge is 2.33. The molecule has 0 saturated carbocycles. The molecule has 0 saturated heterocycles. The van der Waals surface area contributed by atoms with E-state index in [0.717, 1.165) is 25.7 Å². The molecule has 1 rings (SSSR count). The summed E-state index contributed by atoms with van der Waals surface area (Å²) in [5, 5.41) is 0. The van der Waals surface area contributed by atoms with Crippen molar-refractivity contribution in [2.45, 2.75) is 79.1 Å². The van der Waals surface area contributed by atoms with Crippen molar-refractivity contribution in [2.75, 3.05) is 26.4 Å². The molecule has 0 fully saturated rings. The zero-order valence-corrected chi connectivity index (χ0v) is 21.7. The van der Waals surface area contributed by atoms with Gasteiger partial charge in [-0.1, -0.05) is 65.5 Å². The highest BCUT2D eigenvalue weighted by molar-refractivity contribution is 7.49. The molecule has 0 heterocycles. The van der Waals surface area contributed by atoms with E-state index in [1.165, 1.54) is 0 Å². The van der Waals surface area contributed by atoms with Crippen molar-refractivity contribution in [2.24, 2.45) is 0 Å². The van der Waals surface area contributed by atoms with E-state index >= 15 is 0 Å². The van der Waals surface area contributed by atoms with Crippen LogP contribution in [0.5, 0.6) is 11.5 Å². The van der Waals surface area contributed by atoms with Gasteiger partial charge in [-0.25, -0.2) is 9.13 Å². The van der Waals surface area contributed by atoms with E-state index in [9.17, 15) is 9.13 Å². The second-order valence-electron chi connectivity index (χ2n) is 7.27. The van der Waals surface area contributed by atoms with Crippen LogP contribution in [0.15, 0.2) is 24.3 Å². The van der Waals surface area contributed by atoms with Crippen LogP contribution >= 0.6 is 15.6 Å². The summed E-state index contributed by atoms with van der Waals surface area (Å²) >= 11 is 0. The molecule has 0 aliphatic heterocycles. The molecule has 0 spiro atoms. The lowest BCUT2D eigenvalue weighted by atomic mass is 10.3. The molecule has 0 bridgehead atoms. The molecule has 0 radical (unpaired) electrons. The zero-order chi connectivity index (χ0) is 23.7. The number of hydrogen-bond acceptors (Lipinski definition) is 8. The van der Waals surface area contributed by atoms with Crippen LogP contribution in [0.4, 0.5) is 0 Å². The maximum atomic E-state index is 13.2. The van der Waals surface area contributed by atoms with E-state index in [-0.39, 0.29) is 37.9 Å². The van der Waals surface area contributed by atoms with Crippen LogP contribution in [-0.4, -0.2) is 26.4 Å². The van der Waals surface area contributed by atoms with Crippen molar-refractivity contribution in [3.8, 4) is 11.5 Å². The summed E-state index contributed by atoms with van der Waals surface area (Å²) in [5.41, 5.74) is 0. The predicted octanol–water partition coefficient (Wildman–Crippen LogP) is 7.93. The Morgan fingerprint density at radius 1 is 0.562 bits per heavy atom. The monoisotopic (exact) mass is 494 g/mol. The van der Waals surface area contributed by atoms with Gasteiger partial charge in [0.05, 0.1) is 26.4 Å². The van der Waals surface area contributed by atoms with Crippen LogP contribution in [-0.2, 0) is 27.2 Å². The third-order valence-corrected chi connectivity index (χ3v) is 7.09. The Hall–Kier alpha value is -0.880. The van der Waals surface area contributed by atoms with Gasteiger partial charge in [0, 0.05) is 0 Å². The SMILES string of the molecule is CCCCOP(=O)(OCCCC)Oc1ccccc1OP(=O)(OCCCC)OCCCC. The van der Waals surface area contributed by atoms with E-state index in [1.54, 1.807) is 24.3 Å². The summed E-state index contributed by atoms with van der Waals surface area (Å²) in [5.74, 6) is 0.171. The second kappa shape index (κ2) is 16.7. The van der Waals surface area contributed by atoms with Crippen LogP contribution in [0.3, 0.4) is 0 Å². The molecule has 8 nitrogen and oxygen atoms in total. The quantitative estimate of drug-likeness (QED) is 0.133. The Morgan fingerprint density at radius 3 is 1.09 bits per heavy atom. The zero-order valence-electron chi connectivity index (χ0n) is 20.0. The number of unbranched alkanes of at least 4 members (excludes halogenated alkanes) is 4. The molecular weight excluding hydrogens is 454 g/mol. The smallest absolute Gasteiger partial charge is 0.400 e. The van der Waals surface area contributed by atoms with Crippen molar-refractivity contribution in [1.82, 2.24) is 0 Å². The Morgan fingerprint density at radius 2 is 0.844 bits per heavy atom. The molecule has 32 heavy (non-hydrogen) atoms. The molecule has 1 aromatic carbocycles. The second-order valence-corrected chi connectivity index (χ2v) is 10.5. The van der Waals surface area contributed by atoms with Gasteiger partial charge in [0.1, 0.15) is 0 Å². The summed E-state index contributed by atoms with van der Waals surface area (Å²) in [4.78, 5) is 0. The average molecular weight is 495 g/mol. The first-order valence-electron chi connectivity index (χ1n) is 11.7. The standard InChI is InChI=1S/C22H40O8P2/c1-5-9-17-25-31(23,26-18-10-6-2)29-21-15-13-14-16-22(21)30-32(24,27-19-11-7-3)28-20-12-8-4/h13-16H,5-12,17-20H2,1-4H3. The summed E-state index contributed by atoms with van der Waals surface area (Å²) in [6.45, 7) is 8.97. The van der Waals surface area contributed by atoms with Gasteiger partial charge in [0.15, 0.2) is 11.5 Å². The largest absolute Gasteiger partial charge is 0.530 e. The Labute approximate surface area is 193 Å². The number of benzene rings is 1. The lowest BCUT2D eigenvalue weighted by molar-refractivity contribution is 0.143. The van der Waals surface area contributed by atoms with Gasteiger partial charge < -0.3 is 9.05 Å². The minimum absolute atomic E-state index is 0.0854. The van der Waals surface area contributed by atoms with E-state index in [0.29, 0.717) is 25.7 Å². The normalized spacial score (nSPS) is 12.1. The summed E-state index contributed by atoms with van der Waals surface area (Å²) in [6, 6.07) is 6.48. The van der Waals surface area contributed by atoms with Crippen LogP contribution in [0.1, 0.15) is 79.1 Å². The highest BCUT2D eigenvalue weighted by Crippen LogP contribution is 2.56. The minimum atomic E-state index is -3.90. The van der Waals surface area contributed by atoms with Gasteiger partial charge >= 0.3 is 15.6 Å². The van der Waals surface area contributed by atoms with Gasteiger partial charge in [0.2, 0.25) is 0 Å². The summed E-state index contributed by atoms with van der Waals surface area (Å²) < 4.78 is 59.7. The number of phosphoric acid groups is 2. The Kier molecular flexibility index (Phi) is 15.2. The van der Waals surface area contributed by atoms with E-state index < -0.39 is 15.6 Å². The maximum Gasteiger partial charge on any atom is 0.530 e. The number of hydrogen-bond donors (Lipinski definition) is 0. The summed E-state index contributed by atoms with van der Waals surface area (Å²) in [7, 11) is -7.79. The maximum absolute atomic E-state index is 13.2. The fourth-order valence-corrected chi connectivity index (χ4v) is 4.86. The molecule has 10 heteroatoms. The van der Waals surface area contributed by atoms with Crippen LogP contribution in [0, 0.1) is 0 Å². The molecule has 0 N–H and O–H groups in total. The first-order chi connectivity index (χ1) is 15.4. The molecule has 0 aliphatic carbocycles. The fraction of sp³-hybridized carbons (Fsp3) is 0.727. The fourth-order valence-electron chi connectivity index (χ4n) is 2.30. The molecule has 1 aromatic rings. The third kappa shape index (κ3) is 11.8. The first kappa shape index (κ1) is 29.2. The van der Waals surface area contributed by atoms with Crippen LogP contribution in [0.2, 0.25) is 0 Å². The molecular formula is C22H40O8P2. The number of phosphoric ester groups is 2. The first-order valence-corrected chi connectivity index (χ1v) is 14.6. The van der Waals surface area contributed by atoms with Gasteiger partial charge in [0.25, 0.3) is 0 Å². The topological polar surface area (TPSA) is 89.5 Å².